The molecule has 0 bridgehead atoms. The van der Waals surface area contributed by atoms with E-state index in [1.807, 2.05) is 50.2 Å². The van der Waals surface area contributed by atoms with E-state index in [0.29, 0.717) is 57.4 Å². The Hall–Kier alpha value is -4.68. The Morgan fingerprint density at radius 1 is 0.977 bits per heavy atom. The largest absolute Gasteiger partial charge is 0.505 e. The maximum atomic E-state index is 13.8. The number of imidazole rings is 1. The number of thioether (sulfide) groups is 1. The molecule has 0 aliphatic carbocycles. The highest BCUT2D eigenvalue weighted by Crippen LogP contribution is 2.46. The lowest BCUT2D eigenvalue weighted by atomic mass is 9.96. The number of rotatable bonds is 10. The number of aromatic nitrogens is 4. The Bertz CT molecular complexity index is 1880. The first kappa shape index (κ1) is 29.4. The molecule has 1 aliphatic heterocycles. The van der Waals surface area contributed by atoms with Crippen LogP contribution in [0.25, 0.3) is 11.4 Å². The lowest BCUT2D eigenvalue weighted by molar-refractivity contribution is -0.132. The molecule has 3 aromatic heterocycles. The van der Waals surface area contributed by atoms with E-state index in [4.69, 9.17) is 9.47 Å². The molecule has 1 aliphatic rings. The van der Waals surface area contributed by atoms with Crippen molar-refractivity contribution in [2.24, 2.45) is 0 Å². The summed E-state index contributed by atoms with van der Waals surface area (Å²) in [5.41, 5.74) is 3.02. The van der Waals surface area contributed by atoms with Crippen LogP contribution in [0, 0.1) is 6.92 Å². The average molecular weight is 628 g/mol. The highest BCUT2D eigenvalue weighted by molar-refractivity contribution is 8.00. The second-order valence-electron chi connectivity index (χ2n) is 9.84. The van der Waals surface area contributed by atoms with Crippen molar-refractivity contribution < 1.29 is 24.2 Å². The SMILES string of the molecule is CCOc1ccc(C2C(=C(O)c3c(C)nc4ccccn34)C(=O)C(=O)N2c2nnc(SCc3ccccc3)s2)cc1OCC. The summed E-state index contributed by atoms with van der Waals surface area (Å²) in [4.78, 5) is 33.4. The molecule has 0 radical (unpaired) electrons. The van der Waals surface area contributed by atoms with Crippen LogP contribution >= 0.6 is 23.1 Å². The number of fused-ring (bicyclic) bond motifs is 1. The van der Waals surface area contributed by atoms with E-state index in [-0.39, 0.29) is 16.5 Å². The van der Waals surface area contributed by atoms with Gasteiger partial charge in [0.25, 0.3) is 5.78 Å². The molecule has 1 N–H and O–H groups in total. The summed E-state index contributed by atoms with van der Waals surface area (Å²) in [5.74, 6) is -0.323. The summed E-state index contributed by atoms with van der Waals surface area (Å²) >= 11 is 2.70. The Morgan fingerprint density at radius 3 is 2.50 bits per heavy atom. The third-order valence-electron chi connectivity index (χ3n) is 7.06. The number of aliphatic hydroxyl groups excluding tert-OH is 1. The number of anilines is 1. The van der Waals surface area contributed by atoms with Gasteiger partial charge < -0.3 is 14.6 Å². The number of hydrogen-bond acceptors (Lipinski definition) is 10. The molecule has 0 spiro atoms. The number of amides is 1. The monoisotopic (exact) mass is 627 g/mol. The number of nitrogens with zero attached hydrogens (tertiary/aromatic N) is 5. The van der Waals surface area contributed by atoms with Crippen molar-refractivity contribution in [3.8, 4) is 11.5 Å². The minimum atomic E-state index is -1.02. The third kappa shape index (κ3) is 5.42. The minimum absolute atomic E-state index is 0.0796. The molecule has 5 aromatic rings. The van der Waals surface area contributed by atoms with Crippen LogP contribution in [0.15, 0.2) is 82.8 Å². The predicted molar refractivity (Wildman–Crippen MR) is 169 cm³/mol. The molecular weight excluding hydrogens is 599 g/mol. The lowest BCUT2D eigenvalue weighted by Gasteiger charge is -2.23. The second kappa shape index (κ2) is 12.5. The fourth-order valence-corrected chi connectivity index (χ4v) is 7.01. The smallest absolute Gasteiger partial charge is 0.301 e. The maximum absolute atomic E-state index is 13.8. The minimum Gasteiger partial charge on any atom is -0.505 e. The highest BCUT2D eigenvalue weighted by atomic mass is 32.2. The average Bonchev–Trinajstić information content (AvgIpc) is 3.71. The maximum Gasteiger partial charge on any atom is 0.301 e. The zero-order chi connectivity index (χ0) is 30.8. The van der Waals surface area contributed by atoms with Gasteiger partial charge in [0.05, 0.1) is 30.5 Å². The molecule has 2 aromatic carbocycles. The number of ether oxygens (including phenoxy) is 2. The summed E-state index contributed by atoms with van der Waals surface area (Å²) in [7, 11) is 0. The van der Waals surface area contributed by atoms with Gasteiger partial charge in [-0.25, -0.2) is 4.98 Å². The van der Waals surface area contributed by atoms with Crippen LogP contribution in [-0.4, -0.2) is 49.6 Å². The van der Waals surface area contributed by atoms with E-state index in [1.165, 1.54) is 28.0 Å². The third-order valence-corrected chi connectivity index (χ3v) is 9.19. The molecular formula is C32H29N5O5S2. The van der Waals surface area contributed by atoms with E-state index >= 15 is 0 Å². The number of aryl methyl sites for hydroxylation is 1. The Labute approximate surface area is 262 Å². The molecule has 224 valence electrons. The van der Waals surface area contributed by atoms with Gasteiger partial charge in [-0.05, 0) is 56.2 Å². The van der Waals surface area contributed by atoms with Crippen molar-refractivity contribution in [2.75, 3.05) is 18.1 Å². The first-order valence-electron chi connectivity index (χ1n) is 14.1. The van der Waals surface area contributed by atoms with Crippen LogP contribution in [-0.2, 0) is 15.3 Å². The first-order chi connectivity index (χ1) is 21.4. The van der Waals surface area contributed by atoms with Crippen molar-refractivity contribution in [2.45, 2.75) is 36.9 Å². The predicted octanol–water partition coefficient (Wildman–Crippen LogP) is 6.21. The normalized spacial score (nSPS) is 16.2. The van der Waals surface area contributed by atoms with Gasteiger partial charge in [0.15, 0.2) is 21.6 Å². The van der Waals surface area contributed by atoms with Gasteiger partial charge in [0, 0.05) is 11.9 Å². The molecule has 10 nitrogen and oxygen atoms in total. The summed E-state index contributed by atoms with van der Waals surface area (Å²) in [6, 6.07) is 19.6. The Balaban J connectivity index is 1.48. The summed E-state index contributed by atoms with van der Waals surface area (Å²) in [6.45, 7) is 6.29. The number of ketones is 1. The molecule has 44 heavy (non-hydrogen) atoms. The van der Waals surface area contributed by atoms with Crippen LogP contribution in [0.2, 0.25) is 0 Å². The van der Waals surface area contributed by atoms with Crippen LogP contribution in [0.4, 0.5) is 5.13 Å². The van der Waals surface area contributed by atoms with Gasteiger partial charge in [0.2, 0.25) is 5.13 Å². The van der Waals surface area contributed by atoms with E-state index < -0.39 is 17.7 Å². The fraction of sp³-hybridized carbons (Fsp3) is 0.219. The summed E-state index contributed by atoms with van der Waals surface area (Å²) in [6.07, 6.45) is 1.75. The molecule has 1 atom stereocenters. The molecule has 1 fully saturated rings. The van der Waals surface area contributed by atoms with E-state index in [0.717, 1.165) is 5.56 Å². The number of hydrogen-bond donors (Lipinski definition) is 1. The molecule has 12 heteroatoms. The van der Waals surface area contributed by atoms with Crippen molar-refractivity contribution in [1.29, 1.82) is 0 Å². The number of pyridine rings is 1. The molecule has 6 rings (SSSR count). The van der Waals surface area contributed by atoms with E-state index in [9.17, 15) is 14.7 Å². The van der Waals surface area contributed by atoms with Gasteiger partial charge in [0.1, 0.15) is 11.3 Å². The first-order valence-corrected chi connectivity index (χ1v) is 15.9. The molecule has 1 unspecified atom stereocenters. The van der Waals surface area contributed by atoms with Crippen LogP contribution in [0.5, 0.6) is 11.5 Å². The highest BCUT2D eigenvalue weighted by Gasteiger charge is 2.49. The zero-order valence-electron chi connectivity index (χ0n) is 24.3. The summed E-state index contributed by atoms with van der Waals surface area (Å²) < 4.78 is 14.0. The van der Waals surface area contributed by atoms with Crippen molar-refractivity contribution in [1.82, 2.24) is 19.6 Å². The van der Waals surface area contributed by atoms with Crippen LogP contribution < -0.4 is 14.4 Å². The van der Waals surface area contributed by atoms with Crippen molar-refractivity contribution >= 4 is 51.3 Å². The summed E-state index contributed by atoms with van der Waals surface area (Å²) in [5, 5.41) is 20.7. The molecule has 1 amide bonds. The zero-order valence-corrected chi connectivity index (χ0v) is 25.9. The molecule has 0 saturated carbocycles. The number of aliphatic hydroxyl groups is 1. The number of benzene rings is 2. The van der Waals surface area contributed by atoms with Gasteiger partial charge in [-0.3, -0.25) is 18.9 Å². The van der Waals surface area contributed by atoms with Gasteiger partial charge in [-0.1, -0.05) is 65.6 Å². The van der Waals surface area contributed by atoms with E-state index in [1.54, 1.807) is 47.9 Å². The topological polar surface area (TPSA) is 119 Å². The Kier molecular flexibility index (Phi) is 8.36. The van der Waals surface area contributed by atoms with Gasteiger partial charge in [-0.15, -0.1) is 10.2 Å². The standard InChI is InChI=1S/C32H29N5O5S2/c1-4-41-22-15-14-21(17-23(22)42-5-2)27-25(28(38)26-19(3)33-24-13-9-10-16-36(24)26)29(39)30(40)37(27)31-34-35-32(44-31)43-18-20-11-7-6-8-12-20/h6-17,27,38H,4-5,18H2,1-3H3. The number of carbonyl (C=O) groups excluding carboxylic acids is 2. The fourth-order valence-electron chi connectivity index (χ4n) is 5.19. The number of carbonyl (C=O) groups is 2. The van der Waals surface area contributed by atoms with Gasteiger partial charge in [-0.2, -0.15) is 0 Å². The second-order valence-corrected chi connectivity index (χ2v) is 12.0. The van der Waals surface area contributed by atoms with E-state index in [2.05, 4.69) is 15.2 Å². The molecule has 4 heterocycles. The Morgan fingerprint density at radius 2 is 1.73 bits per heavy atom. The van der Waals surface area contributed by atoms with Gasteiger partial charge >= 0.3 is 5.91 Å². The van der Waals surface area contributed by atoms with Crippen molar-refractivity contribution in [3.63, 3.8) is 0 Å². The molecule has 1 saturated heterocycles. The quantitative estimate of drug-likeness (QED) is 0.0634. The van der Waals surface area contributed by atoms with Crippen LogP contribution in [0.1, 0.15) is 42.4 Å². The van der Waals surface area contributed by atoms with Crippen molar-refractivity contribution in [3.05, 3.63) is 101 Å². The van der Waals surface area contributed by atoms with Crippen LogP contribution in [0.3, 0.4) is 0 Å². The number of Topliss-reactive ketones (excluding diaryl/α,β-unsaturated/α-hetero) is 1. The lowest BCUT2D eigenvalue weighted by Crippen LogP contribution is -2.29.